The smallest absolute Gasteiger partial charge is 0.274 e. The summed E-state index contributed by atoms with van der Waals surface area (Å²) in [6.07, 6.45) is 6.84. The van der Waals surface area contributed by atoms with E-state index >= 15 is 0 Å². The molecule has 5 nitrogen and oxygen atoms in total. The fourth-order valence-corrected chi connectivity index (χ4v) is 4.76. The lowest BCUT2D eigenvalue weighted by molar-refractivity contribution is 0.0606. The first-order valence-electron chi connectivity index (χ1n) is 8.90. The highest BCUT2D eigenvalue weighted by atomic mass is 32.1. The molecule has 26 heavy (non-hydrogen) atoms. The van der Waals surface area contributed by atoms with E-state index in [-0.39, 0.29) is 11.9 Å². The fourth-order valence-electron chi connectivity index (χ4n) is 3.65. The molecule has 4 heterocycles. The van der Waals surface area contributed by atoms with Crippen molar-refractivity contribution in [1.29, 1.82) is 0 Å². The van der Waals surface area contributed by atoms with Gasteiger partial charge in [0.15, 0.2) is 0 Å². The minimum atomic E-state index is -0.00217. The number of aromatic nitrogens is 3. The van der Waals surface area contributed by atoms with E-state index < -0.39 is 0 Å². The van der Waals surface area contributed by atoms with Gasteiger partial charge in [-0.3, -0.25) is 4.79 Å². The van der Waals surface area contributed by atoms with Gasteiger partial charge >= 0.3 is 0 Å². The number of piperidine rings is 1. The van der Waals surface area contributed by atoms with Gasteiger partial charge in [0.1, 0.15) is 16.3 Å². The number of likely N-dealkylation sites (tertiary alicyclic amines) is 1. The standard InChI is InChI=1S/C20H18N4OS/c25-20(15-13-23-11-5-4-10-18(23)21-15)24-12-6-3-8-16(24)19-22-14-7-1-2-9-17(14)26-19/h1-2,4-5,7,9-11,13,16H,3,6,8,12H2. The Morgan fingerprint density at radius 3 is 2.85 bits per heavy atom. The van der Waals surface area contributed by atoms with Gasteiger partial charge in [0.2, 0.25) is 0 Å². The molecule has 1 amide bonds. The minimum Gasteiger partial charge on any atom is -0.328 e. The van der Waals surface area contributed by atoms with Crippen LogP contribution in [0, 0.1) is 0 Å². The quantitative estimate of drug-likeness (QED) is 0.534. The summed E-state index contributed by atoms with van der Waals surface area (Å²) >= 11 is 1.69. The van der Waals surface area contributed by atoms with Gasteiger partial charge in [0.05, 0.1) is 16.3 Å². The summed E-state index contributed by atoms with van der Waals surface area (Å²) in [4.78, 5) is 24.5. The van der Waals surface area contributed by atoms with Crippen molar-refractivity contribution in [3.8, 4) is 0 Å². The number of imidazole rings is 1. The topological polar surface area (TPSA) is 50.5 Å². The maximum absolute atomic E-state index is 13.2. The van der Waals surface area contributed by atoms with E-state index in [1.807, 2.05) is 58.1 Å². The molecule has 0 N–H and O–H groups in total. The molecular weight excluding hydrogens is 344 g/mol. The van der Waals surface area contributed by atoms with Crippen LogP contribution < -0.4 is 0 Å². The van der Waals surface area contributed by atoms with Gasteiger partial charge in [-0.2, -0.15) is 0 Å². The highest BCUT2D eigenvalue weighted by Gasteiger charge is 2.32. The van der Waals surface area contributed by atoms with E-state index in [0.717, 1.165) is 42.0 Å². The van der Waals surface area contributed by atoms with Crippen LogP contribution >= 0.6 is 11.3 Å². The molecule has 1 saturated heterocycles. The molecule has 0 radical (unpaired) electrons. The number of amides is 1. The minimum absolute atomic E-state index is 0.00217. The summed E-state index contributed by atoms with van der Waals surface area (Å²) in [5, 5.41) is 1.03. The zero-order valence-electron chi connectivity index (χ0n) is 14.2. The Morgan fingerprint density at radius 1 is 1.08 bits per heavy atom. The number of pyridine rings is 1. The Bertz CT molecular complexity index is 1030. The van der Waals surface area contributed by atoms with Gasteiger partial charge in [-0.25, -0.2) is 9.97 Å². The van der Waals surface area contributed by atoms with Crippen LogP contribution in [0.25, 0.3) is 15.9 Å². The van der Waals surface area contributed by atoms with E-state index in [1.54, 1.807) is 11.3 Å². The molecule has 0 bridgehead atoms. The van der Waals surface area contributed by atoms with Crippen molar-refractivity contribution in [1.82, 2.24) is 19.3 Å². The number of thiazole rings is 1. The van der Waals surface area contributed by atoms with E-state index in [0.29, 0.717) is 5.69 Å². The molecule has 6 heteroatoms. The van der Waals surface area contributed by atoms with Crippen molar-refractivity contribution in [2.24, 2.45) is 0 Å². The summed E-state index contributed by atoms with van der Waals surface area (Å²) in [7, 11) is 0. The average molecular weight is 362 g/mol. The van der Waals surface area contributed by atoms with Crippen LogP contribution in [-0.4, -0.2) is 31.7 Å². The summed E-state index contributed by atoms with van der Waals surface area (Å²) in [6.45, 7) is 0.757. The zero-order chi connectivity index (χ0) is 17.5. The largest absolute Gasteiger partial charge is 0.328 e. The highest BCUT2D eigenvalue weighted by molar-refractivity contribution is 7.18. The van der Waals surface area contributed by atoms with Gasteiger partial charge < -0.3 is 9.30 Å². The predicted octanol–water partition coefficient (Wildman–Crippen LogP) is 4.31. The Labute approximate surface area is 154 Å². The molecule has 0 saturated carbocycles. The Kier molecular flexibility index (Phi) is 3.71. The highest BCUT2D eigenvalue weighted by Crippen LogP contribution is 2.36. The molecule has 0 aliphatic carbocycles. The van der Waals surface area contributed by atoms with Crippen LogP contribution in [0.4, 0.5) is 0 Å². The second kappa shape index (κ2) is 6.21. The first-order chi connectivity index (χ1) is 12.8. The summed E-state index contributed by atoms with van der Waals surface area (Å²) in [5.41, 5.74) is 2.31. The number of hydrogen-bond donors (Lipinski definition) is 0. The molecular formula is C20H18N4OS. The van der Waals surface area contributed by atoms with E-state index in [4.69, 9.17) is 4.98 Å². The summed E-state index contributed by atoms with van der Waals surface area (Å²) in [5.74, 6) is -0.00217. The number of fused-ring (bicyclic) bond motifs is 2. The average Bonchev–Trinajstić information content (AvgIpc) is 3.31. The number of carbonyl (C=O) groups is 1. The van der Waals surface area contributed by atoms with Crippen LogP contribution in [0.2, 0.25) is 0 Å². The Balaban J connectivity index is 1.51. The first kappa shape index (κ1) is 15.5. The third-order valence-electron chi connectivity index (χ3n) is 4.94. The number of benzene rings is 1. The van der Waals surface area contributed by atoms with Crippen molar-refractivity contribution in [2.45, 2.75) is 25.3 Å². The lowest BCUT2D eigenvalue weighted by Gasteiger charge is -2.34. The Hall–Kier alpha value is -2.73. The SMILES string of the molecule is O=C(c1cn2ccccc2n1)N1CCCCC1c1nc2ccccc2s1. The number of carbonyl (C=O) groups excluding carboxylic acids is 1. The van der Waals surface area contributed by atoms with Crippen LogP contribution in [0.5, 0.6) is 0 Å². The molecule has 1 unspecified atom stereocenters. The van der Waals surface area contributed by atoms with E-state index in [1.165, 1.54) is 4.70 Å². The molecule has 4 aromatic rings. The fraction of sp³-hybridized carbons (Fsp3) is 0.250. The van der Waals surface area contributed by atoms with Gasteiger partial charge in [-0.05, 0) is 43.5 Å². The second-order valence-electron chi connectivity index (χ2n) is 6.62. The number of para-hydroxylation sites is 1. The van der Waals surface area contributed by atoms with Crippen LogP contribution in [0.3, 0.4) is 0 Å². The maximum Gasteiger partial charge on any atom is 0.274 e. The van der Waals surface area contributed by atoms with Crippen molar-refractivity contribution >= 4 is 33.1 Å². The lowest BCUT2D eigenvalue weighted by Crippen LogP contribution is -2.38. The summed E-state index contributed by atoms with van der Waals surface area (Å²) < 4.78 is 3.07. The van der Waals surface area contributed by atoms with Crippen molar-refractivity contribution < 1.29 is 4.79 Å². The molecule has 0 spiro atoms. The van der Waals surface area contributed by atoms with E-state index in [9.17, 15) is 4.79 Å². The van der Waals surface area contributed by atoms with Gasteiger partial charge in [0, 0.05) is 18.9 Å². The van der Waals surface area contributed by atoms with Gasteiger partial charge in [-0.15, -0.1) is 11.3 Å². The van der Waals surface area contributed by atoms with Crippen molar-refractivity contribution in [2.75, 3.05) is 6.54 Å². The third kappa shape index (κ3) is 2.57. The van der Waals surface area contributed by atoms with Crippen molar-refractivity contribution in [3.05, 3.63) is 65.6 Å². The third-order valence-corrected chi connectivity index (χ3v) is 6.08. The molecule has 3 aromatic heterocycles. The number of hydrogen-bond acceptors (Lipinski definition) is 4. The van der Waals surface area contributed by atoms with Crippen LogP contribution in [0.1, 0.15) is 40.8 Å². The van der Waals surface area contributed by atoms with Crippen molar-refractivity contribution in [3.63, 3.8) is 0 Å². The summed E-state index contributed by atoms with van der Waals surface area (Å²) in [6, 6.07) is 14.0. The Morgan fingerprint density at radius 2 is 1.96 bits per heavy atom. The molecule has 1 aliphatic heterocycles. The van der Waals surface area contributed by atoms with Crippen LogP contribution in [-0.2, 0) is 0 Å². The number of rotatable bonds is 2. The molecule has 1 fully saturated rings. The first-order valence-corrected chi connectivity index (χ1v) is 9.71. The zero-order valence-corrected chi connectivity index (χ0v) is 15.0. The van der Waals surface area contributed by atoms with Gasteiger partial charge in [-0.1, -0.05) is 18.2 Å². The molecule has 1 aliphatic rings. The predicted molar refractivity (Wildman–Crippen MR) is 102 cm³/mol. The van der Waals surface area contributed by atoms with E-state index in [2.05, 4.69) is 11.1 Å². The molecule has 1 aromatic carbocycles. The maximum atomic E-state index is 13.2. The normalized spacial score (nSPS) is 17.8. The molecule has 130 valence electrons. The monoisotopic (exact) mass is 362 g/mol. The lowest BCUT2D eigenvalue weighted by atomic mass is 10.0. The van der Waals surface area contributed by atoms with Crippen LogP contribution in [0.15, 0.2) is 54.9 Å². The van der Waals surface area contributed by atoms with Gasteiger partial charge in [0.25, 0.3) is 5.91 Å². The molecule has 5 rings (SSSR count). The number of nitrogens with zero attached hydrogens (tertiary/aromatic N) is 4. The second-order valence-corrected chi connectivity index (χ2v) is 7.68. The molecule has 1 atom stereocenters.